The summed E-state index contributed by atoms with van der Waals surface area (Å²) in [6.07, 6.45) is 1.29. The second kappa shape index (κ2) is 8.97. The van der Waals surface area contributed by atoms with Crippen molar-refractivity contribution in [2.45, 2.75) is 26.7 Å². The molecule has 0 aliphatic carbocycles. The van der Waals surface area contributed by atoms with Gasteiger partial charge in [-0.05, 0) is 30.4 Å². The van der Waals surface area contributed by atoms with Crippen molar-refractivity contribution in [1.82, 2.24) is 5.32 Å². The molecule has 1 aromatic carbocycles. The van der Waals surface area contributed by atoms with Crippen LogP contribution in [0.15, 0.2) is 18.2 Å². The molecule has 2 rings (SSSR count). The van der Waals surface area contributed by atoms with E-state index in [1.807, 2.05) is 4.90 Å². The Kier molecular flexibility index (Phi) is 6.97. The van der Waals surface area contributed by atoms with E-state index in [2.05, 4.69) is 19.2 Å². The third-order valence-corrected chi connectivity index (χ3v) is 4.07. The number of benzene rings is 1. The fourth-order valence-electron chi connectivity index (χ4n) is 2.75. The van der Waals surface area contributed by atoms with Crippen molar-refractivity contribution in [3.8, 4) is 0 Å². The summed E-state index contributed by atoms with van der Waals surface area (Å²) in [7, 11) is 0. The average Bonchev–Trinajstić information content (AvgIpc) is 3.01. The number of carbonyl (C=O) groups is 1. The fourth-order valence-corrected chi connectivity index (χ4v) is 2.75. The van der Waals surface area contributed by atoms with Gasteiger partial charge in [0.05, 0.1) is 6.61 Å². The number of nitrogens with one attached hydrogen (secondary N) is 1. The molecule has 0 bridgehead atoms. The topological polar surface area (TPSA) is 41.6 Å². The Balaban J connectivity index is 1.68. The fraction of sp³-hybridized carbons (Fsp3) is 0.611. The van der Waals surface area contributed by atoms with Gasteiger partial charge in [-0.3, -0.25) is 4.79 Å². The van der Waals surface area contributed by atoms with Gasteiger partial charge in [0.1, 0.15) is 0 Å². The van der Waals surface area contributed by atoms with E-state index in [0.29, 0.717) is 43.7 Å². The average molecular weight is 340 g/mol. The Morgan fingerprint density at radius 3 is 2.88 bits per heavy atom. The van der Waals surface area contributed by atoms with Gasteiger partial charge in [-0.2, -0.15) is 0 Å². The van der Waals surface area contributed by atoms with Gasteiger partial charge in [0.25, 0.3) is 0 Å². The number of halogens is 2. The second-order valence-corrected chi connectivity index (χ2v) is 6.72. The lowest BCUT2D eigenvalue weighted by molar-refractivity contribution is -0.122. The molecule has 1 heterocycles. The molecule has 1 N–H and O–H groups in total. The minimum Gasteiger partial charge on any atom is -0.381 e. The number of ether oxygens (including phenoxy) is 1. The SMILES string of the molecule is CC(C)COCCC(=O)NC[C@H]1CCN(c2ccc(F)c(F)c2)C1. The van der Waals surface area contributed by atoms with Crippen LogP contribution in [0.3, 0.4) is 0 Å². The monoisotopic (exact) mass is 340 g/mol. The summed E-state index contributed by atoms with van der Waals surface area (Å²) in [6, 6.07) is 3.96. The molecular formula is C18H26F2N2O2. The third kappa shape index (κ3) is 5.74. The summed E-state index contributed by atoms with van der Waals surface area (Å²) in [5.41, 5.74) is 0.685. The standard InChI is InChI=1S/C18H26F2N2O2/c1-13(2)12-24-8-6-18(23)21-10-14-5-7-22(11-14)15-3-4-16(19)17(20)9-15/h3-4,9,13-14H,5-8,10-12H2,1-2H3,(H,21,23)/t14-/m1/s1. The number of hydrogen-bond acceptors (Lipinski definition) is 3. The molecule has 1 aliphatic heterocycles. The first-order chi connectivity index (χ1) is 11.5. The van der Waals surface area contributed by atoms with Crippen LogP contribution in [0.2, 0.25) is 0 Å². The molecule has 1 aliphatic rings. The molecule has 0 aromatic heterocycles. The summed E-state index contributed by atoms with van der Waals surface area (Å²) >= 11 is 0. The van der Waals surface area contributed by atoms with Gasteiger partial charge in [0.2, 0.25) is 5.91 Å². The second-order valence-electron chi connectivity index (χ2n) is 6.72. The molecule has 0 radical (unpaired) electrons. The minimum absolute atomic E-state index is 0.00923. The van der Waals surface area contributed by atoms with E-state index < -0.39 is 11.6 Å². The van der Waals surface area contributed by atoms with Crippen LogP contribution < -0.4 is 10.2 Å². The molecule has 24 heavy (non-hydrogen) atoms. The van der Waals surface area contributed by atoms with E-state index in [1.54, 1.807) is 6.07 Å². The molecule has 1 saturated heterocycles. The molecule has 1 atom stereocenters. The van der Waals surface area contributed by atoms with Crippen molar-refractivity contribution >= 4 is 11.6 Å². The van der Waals surface area contributed by atoms with Crippen LogP contribution in [0.1, 0.15) is 26.7 Å². The summed E-state index contributed by atoms with van der Waals surface area (Å²) in [5, 5.41) is 2.93. The van der Waals surface area contributed by atoms with E-state index in [-0.39, 0.29) is 5.91 Å². The smallest absolute Gasteiger partial charge is 0.222 e. The maximum Gasteiger partial charge on any atom is 0.222 e. The van der Waals surface area contributed by atoms with Gasteiger partial charge in [-0.1, -0.05) is 13.8 Å². The Hall–Kier alpha value is -1.69. The van der Waals surface area contributed by atoms with Gasteiger partial charge >= 0.3 is 0 Å². The van der Waals surface area contributed by atoms with E-state index in [9.17, 15) is 13.6 Å². The van der Waals surface area contributed by atoms with Gasteiger partial charge < -0.3 is 15.0 Å². The van der Waals surface area contributed by atoms with Crippen LogP contribution in [-0.2, 0) is 9.53 Å². The highest BCUT2D eigenvalue weighted by Crippen LogP contribution is 2.24. The molecule has 6 heteroatoms. The van der Waals surface area contributed by atoms with Crippen LogP contribution in [0, 0.1) is 23.5 Å². The minimum atomic E-state index is -0.832. The Bertz CT molecular complexity index is 552. The molecule has 134 valence electrons. The van der Waals surface area contributed by atoms with Crippen molar-refractivity contribution in [1.29, 1.82) is 0 Å². The number of anilines is 1. The predicted octanol–water partition coefficient (Wildman–Crippen LogP) is 2.97. The molecule has 0 saturated carbocycles. The van der Waals surface area contributed by atoms with E-state index >= 15 is 0 Å². The van der Waals surface area contributed by atoms with Crippen LogP contribution in [0.25, 0.3) is 0 Å². The van der Waals surface area contributed by atoms with Gasteiger partial charge in [-0.25, -0.2) is 8.78 Å². The number of hydrogen-bond donors (Lipinski definition) is 1. The highest BCUT2D eigenvalue weighted by molar-refractivity contribution is 5.75. The van der Waals surface area contributed by atoms with Gasteiger partial charge in [0.15, 0.2) is 11.6 Å². The highest BCUT2D eigenvalue weighted by atomic mass is 19.2. The first-order valence-electron chi connectivity index (χ1n) is 8.50. The zero-order chi connectivity index (χ0) is 17.5. The van der Waals surface area contributed by atoms with Crippen molar-refractivity contribution in [3.63, 3.8) is 0 Å². The van der Waals surface area contributed by atoms with E-state index in [1.165, 1.54) is 6.07 Å². The summed E-state index contributed by atoms with van der Waals surface area (Å²) < 4.78 is 31.7. The largest absolute Gasteiger partial charge is 0.381 e. The van der Waals surface area contributed by atoms with Crippen molar-refractivity contribution in [2.75, 3.05) is 37.7 Å². The quantitative estimate of drug-likeness (QED) is 0.740. The lowest BCUT2D eigenvalue weighted by atomic mass is 10.1. The van der Waals surface area contributed by atoms with E-state index in [0.717, 1.165) is 25.6 Å². The number of rotatable bonds is 8. The Morgan fingerprint density at radius 1 is 1.38 bits per heavy atom. The zero-order valence-corrected chi connectivity index (χ0v) is 14.4. The van der Waals surface area contributed by atoms with E-state index in [4.69, 9.17) is 4.74 Å². The van der Waals surface area contributed by atoms with Crippen LogP contribution in [-0.4, -0.2) is 38.8 Å². The number of nitrogens with zero attached hydrogens (tertiary/aromatic N) is 1. The van der Waals surface area contributed by atoms with Crippen LogP contribution >= 0.6 is 0 Å². The zero-order valence-electron chi connectivity index (χ0n) is 14.4. The molecule has 4 nitrogen and oxygen atoms in total. The number of amides is 1. The lowest BCUT2D eigenvalue weighted by Crippen LogP contribution is -2.31. The number of carbonyl (C=O) groups excluding carboxylic acids is 1. The van der Waals surface area contributed by atoms with Crippen LogP contribution in [0.4, 0.5) is 14.5 Å². The summed E-state index contributed by atoms with van der Waals surface area (Å²) in [5.74, 6) is -0.885. The molecule has 0 unspecified atom stereocenters. The van der Waals surface area contributed by atoms with Crippen molar-refractivity contribution < 1.29 is 18.3 Å². The van der Waals surface area contributed by atoms with Gasteiger partial charge in [-0.15, -0.1) is 0 Å². The summed E-state index contributed by atoms with van der Waals surface area (Å²) in [4.78, 5) is 13.8. The first kappa shape index (κ1) is 18.6. The molecule has 1 aromatic rings. The van der Waals surface area contributed by atoms with Gasteiger partial charge in [0, 0.05) is 44.4 Å². The molecule has 1 amide bonds. The summed E-state index contributed by atoms with van der Waals surface area (Å²) in [6.45, 7) is 7.36. The first-order valence-corrected chi connectivity index (χ1v) is 8.50. The van der Waals surface area contributed by atoms with Crippen molar-refractivity contribution in [3.05, 3.63) is 29.8 Å². The predicted molar refractivity (Wildman–Crippen MR) is 90.0 cm³/mol. The molecule has 0 spiro atoms. The molecular weight excluding hydrogens is 314 g/mol. The highest BCUT2D eigenvalue weighted by Gasteiger charge is 2.23. The normalized spacial score (nSPS) is 17.5. The third-order valence-electron chi connectivity index (χ3n) is 4.07. The Morgan fingerprint density at radius 2 is 2.17 bits per heavy atom. The Labute approximate surface area is 142 Å². The van der Waals surface area contributed by atoms with Crippen LogP contribution in [0.5, 0.6) is 0 Å². The van der Waals surface area contributed by atoms with Crippen molar-refractivity contribution in [2.24, 2.45) is 11.8 Å². The maximum atomic E-state index is 13.3. The lowest BCUT2D eigenvalue weighted by Gasteiger charge is -2.19. The maximum absolute atomic E-state index is 13.3. The molecule has 1 fully saturated rings.